The Morgan fingerprint density at radius 1 is 1.39 bits per heavy atom. The van der Waals surface area contributed by atoms with E-state index in [-0.39, 0.29) is 25.1 Å². The maximum Gasteiger partial charge on any atom is 0.240 e. The van der Waals surface area contributed by atoms with Crippen LogP contribution in [0.1, 0.15) is 19.4 Å². The van der Waals surface area contributed by atoms with Gasteiger partial charge in [-0.3, -0.25) is 4.79 Å². The molecule has 4 nitrogen and oxygen atoms in total. The van der Waals surface area contributed by atoms with Crippen molar-refractivity contribution in [2.45, 2.75) is 33.0 Å². The van der Waals surface area contributed by atoms with Crippen LogP contribution in [0.4, 0.5) is 0 Å². The molecular weight excluding hydrogens is 228 g/mol. The average Bonchev–Trinajstić information content (AvgIpc) is 2.71. The highest BCUT2D eigenvalue weighted by Gasteiger charge is 2.09. The lowest BCUT2D eigenvalue weighted by molar-refractivity contribution is -0.122. The van der Waals surface area contributed by atoms with Gasteiger partial charge in [0, 0.05) is 17.8 Å². The van der Waals surface area contributed by atoms with E-state index in [1.165, 1.54) is 0 Å². The van der Waals surface area contributed by atoms with Crippen LogP contribution in [-0.2, 0) is 17.9 Å². The lowest BCUT2D eigenvalue weighted by atomic mass is 10.1. The monoisotopic (exact) mass is 246 g/mol. The average molecular weight is 246 g/mol. The van der Waals surface area contributed by atoms with E-state index in [0.717, 1.165) is 16.5 Å². The summed E-state index contributed by atoms with van der Waals surface area (Å²) in [6.07, 6.45) is 1.88. The van der Waals surface area contributed by atoms with Crippen molar-refractivity contribution in [3.05, 3.63) is 36.0 Å². The predicted molar refractivity (Wildman–Crippen MR) is 71.1 cm³/mol. The number of aliphatic hydroxyl groups excluding tert-OH is 1. The van der Waals surface area contributed by atoms with Gasteiger partial charge in [0.05, 0.1) is 12.1 Å². The lowest BCUT2D eigenvalue weighted by Gasteiger charge is -2.11. The molecule has 0 bridgehead atoms. The van der Waals surface area contributed by atoms with Gasteiger partial charge < -0.3 is 15.0 Å². The van der Waals surface area contributed by atoms with E-state index < -0.39 is 0 Å². The second kappa shape index (κ2) is 5.23. The Labute approximate surface area is 106 Å². The van der Waals surface area contributed by atoms with Gasteiger partial charge in [0.15, 0.2) is 0 Å². The van der Waals surface area contributed by atoms with Crippen molar-refractivity contribution in [3.63, 3.8) is 0 Å². The predicted octanol–water partition coefficient (Wildman–Crippen LogP) is 1.66. The van der Waals surface area contributed by atoms with Gasteiger partial charge in [-0.2, -0.15) is 0 Å². The van der Waals surface area contributed by atoms with E-state index in [4.69, 9.17) is 0 Å². The fourth-order valence-corrected chi connectivity index (χ4v) is 2.12. The Balaban J connectivity index is 2.31. The smallest absolute Gasteiger partial charge is 0.240 e. The van der Waals surface area contributed by atoms with Crippen LogP contribution in [0.5, 0.6) is 0 Å². The fraction of sp³-hybridized carbons (Fsp3) is 0.357. The molecule has 0 spiro atoms. The Kier molecular flexibility index (Phi) is 3.67. The van der Waals surface area contributed by atoms with Crippen LogP contribution in [0, 0.1) is 0 Å². The summed E-state index contributed by atoms with van der Waals surface area (Å²) < 4.78 is 1.87. The van der Waals surface area contributed by atoms with Crippen LogP contribution < -0.4 is 5.32 Å². The third-order valence-electron chi connectivity index (χ3n) is 2.81. The van der Waals surface area contributed by atoms with Gasteiger partial charge in [0.1, 0.15) is 6.54 Å². The van der Waals surface area contributed by atoms with Crippen molar-refractivity contribution in [3.8, 4) is 0 Å². The number of hydrogen-bond acceptors (Lipinski definition) is 2. The molecule has 0 unspecified atom stereocenters. The first kappa shape index (κ1) is 12.6. The summed E-state index contributed by atoms with van der Waals surface area (Å²) in [5, 5.41) is 13.2. The van der Waals surface area contributed by atoms with Crippen LogP contribution in [0.15, 0.2) is 30.5 Å². The molecule has 0 atom stereocenters. The zero-order valence-corrected chi connectivity index (χ0v) is 10.7. The molecule has 0 saturated carbocycles. The molecule has 0 aliphatic heterocycles. The van der Waals surface area contributed by atoms with Gasteiger partial charge >= 0.3 is 0 Å². The van der Waals surface area contributed by atoms with Crippen LogP contribution in [0.2, 0.25) is 0 Å². The Morgan fingerprint density at radius 3 is 2.83 bits per heavy atom. The summed E-state index contributed by atoms with van der Waals surface area (Å²) in [6.45, 7) is 4.13. The third kappa shape index (κ3) is 2.54. The van der Waals surface area contributed by atoms with Crippen molar-refractivity contribution < 1.29 is 9.90 Å². The number of fused-ring (bicyclic) bond motifs is 1. The molecule has 0 aliphatic rings. The molecule has 1 aromatic heterocycles. The summed E-state index contributed by atoms with van der Waals surface area (Å²) >= 11 is 0. The molecular formula is C14H18N2O2. The Hall–Kier alpha value is -1.81. The molecule has 2 aromatic rings. The zero-order valence-electron chi connectivity index (χ0n) is 10.7. The number of nitrogens with one attached hydrogen (secondary N) is 1. The second-order valence-corrected chi connectivity index (χ2v) is 4.68. The van der Waals surface area contributed by atoms with Crippen LogP contribution >= 0.6 is 0 Å². The molecule has 2 N–H and O–H groups in total. The molecule has 2 rings (SSSR count). The zero-order chi connectivity index (χ0) is 13.1. The number of nitrogens with zero attached hydrogens (tertiary/aromatic N) is 1. The van der Waals surface area contributed by atoms with E-state index in [9.17, 15) is 9.90 Å². The molecule has 18 heavy (non-hydrogen) atoms. The molecule has 0 fully saturated rings. The highest BCUT2D eigenvalue weighted by atomic mass is 16.3. The minimum Gasteiger partial charge on any atom is -0.392 e. The lowest BCUT2D eigenvalue weighted by Crippen LogP contribution is -2.32. The summed E-state index contributed by atoms with van der Waals surface area (Å²) in [5.74, 6) is -0.0183. The van der Waals surface area contributed by atoms with E-state index in [1.54, 1.807) is 0 Å². The van der Waals surface area contributed by atoms with Crippen molar-refractivity contribution in [2.24, 2.45) is 0 Å². The first-order valence-electron chi connectivity index (χ1n) is 6.08. The Bertz CT molecular complexity index is 558. The third-order valence-corrected chi connectivity index (χ3v) is 2.81. The van der Waals surface area contributed by atoms with Gasteiger partial charge in [-0.25, -0.2) is 0 Å². The number of aliphatic hydroxyl groups is 1. The molecule has 1 amide bonds. The SMILES string of the molecule is CC(C)NC(=O)Cn1ccc2cccc(CO)c21. The number of carbonyl (C=O) groups excluding carboxylic acids is 1. The topological polar surface area (TPSA) is 54.3 Å². The summed E-state index contributed by atoms with van der Waals surface area (Å²) in [6, 6.07) is 7.85. The number of hydrogen-bond donors (Lipinski definition) is 2. The van der Waals surface area contributed by atoms with Gasteiger partial charge in [0.2, 0.25) is 5.91 Å². The number of para-hydroxylation sites is 1. The molecule has 1 aromatic carbocycles. The first-order valence-corrected chi connectivity index (χ1v) is 6.08. The number of rotatable bonds is 4. The van der Waals surface area contributed by atoms with Gasteiger partial charge in [-0.1, -0.05) is 18.2 Å². The van der Waals surface area contributed by atoms with Crippen molar-refractivity contribution in [1.82, 2.24) is 9.88 Å². The maximum atomic E-state index is 11.8. The largest absolute Gasteiger partial charge is 0.392 e. The van der Waals surface area contributed by atoms with E-state index in [2.05, 4.69) is 5.32 Å². The molecule has 0 radical (unpaired) electrons. The summed E-state index contributed by atoms with van der Waals surface area (Å²) in [4.78, 5) is 11.8. The van der Waals surface area contributed by atoms with E-state index >= 15 is 0 Å². The Morgan fingerprint density at radius 2 is 2.17 bits per heavy atom. The van der Waals surface area contributed by atoms with Crippen molar-refractivity contribution in [1.29, 1.82) is 0 Å². The summed E-state index contributed by atoms with van der Waals surface area (Å²) in [5.41, 5.74) is 1.77. The fourth-order valence-electron chi connectivity index (χ4n) is 2.12. The van der Waals surface area contributed by atoms with Crippen LogP contribution in [0.25, 0.3) is 10.9 Å². The van der Waals surface area contributed by atoms with Crippen molar-refractivity contribution >= 4 is 16.8 Å². The van der Waals surface area contributed by atoms with Gasteiger partial charge in [-0.05, 0) is 25.3 Å². The van der Waals surface area contributed by atoms with Gasteiger partial charge in [0.25, 0.3) is 0 Å². The highest BCUT2D eigenvalue weighted by molar-refractivity contribution is 5.85. The minimum absolute atomic E-state index is 0.0183. The molecule has 0 saturated heterocycles. The highest BCUT2D eigenvalue weighted by Crippen LogP contribution is 2.20. The summed E-state index contributed by atoms with van der Waals surface area (Å²) in [7, 11) is 0. The van der Waals surface area contributed by atoms with Crippen LogP contribution in [0.3, 0.4) is 0 Å². The number of amides is 1. The molecule has 1 heterocycles. The number of carbonyl (C=O) groups is 1. The molecule has 0 aliphatic carbocycles. The number of aromatic nitrogens is 1. The maximum absolute atomic E-state index is 11.8. The number of benzene rings is 1. The standard InChI is InChI=1S/C14H18N2O2/c1-10(2)15-13(18)8-16-7-6-11-4-3-5-12(9-17)14(11)16/h3-7,10,17H,8-9H2,1-2H3,(H,15,18). The molecule has 96 valence electrons. The first-order chi connectivity index (χ1) is 8.61. The van der Waals surface area contributed by atoms with E-state index in [0.29, 0.717) is 0 Å². The second-order valence-electron chi connectivity index (χ2n) is 4.68. The molecule has 4 heteroatoms. The van der Waals surface area contributed by atoms with Gasteiger partial charge in [-0.15, -0.1) is 0 Å². The van der Waals surface area contributed by atoms with Crippen molar-refractivity contribution in [2.75, 3.05) is 0 Å². The van der Waals surface area contributed by atoms with Crippen LogP contribution in [-0.4, -0.2) is 21.6 Å². The quantitative estimate of drug-likeness (QED) is 0.862. The van der Waals surface area contributed by atoms with E-state index in [1.807, 2.05) is 48.9 Å². The minimum atomic E-state index is -0.0207. The normalized spacial score (nSPS) is 11.1.